The molecule has 0 aromatic heterocycles. The standard InChI is InChI=1S/C30H42O8/c1-14(19-13-27(4)29(6,38-27)25(33)36-19)22-18(35-15(2)31)12-17-21-16(9-11-26(17,22)3)28(5)20(32)8-7-10-30(28,34)24-23(21)37-24/h7-8,14,16-19,21-25,33-34H,9-13H2,1-6H3. The fourth-order valence-electron chi connectivity index (χ4n) is 10.6. The van der Waals surface area contributed by atoms with Gasteiger partial charge in [0.15, 0.2) is 12.1 Å². The molecule has 6 fully saturated rings. The first-order valence-corrected chi connectivity index (χ1v) is 14.5. The highest BCUT2D eigenvalue weighted by molar-refractivity contribution is 5.97. The minimum absolute atomic E-state index is 0.00331. The van der Waals surface area contributed by atoms with Crippen LogP contribution in [-0.4, -0.2) is 69.5 Å². The number of aliphatic hydroxyl groups is 2. The molecule has 3 saturated heterocycles. The first-order chi connectivity index (χ1) is 17.7. The number of hydrogen-bond acceptors (Lipinski definition) is 8. The molecule has 0 radical (unpaired) electrons. The van der Waals surface area contributed by atoms with Gasteiger partial charge in [0.2, 0.25) is 0 Å². The van der Waals surface area contributed by atoms with Gasteiger partial charge in [-0.15, -0.1) is 0 Å². The van der Waals surface area contributed by atoms with Crippen LogP contribution in [-0.2, 0) is 28.5 Å². The van der Waals surface area contributed by atoms with Gasteiger partial charge in [-0.2, -0.15) is 0 Å². The van der Waals surface area contributed by atoms with Gasteiger partial charge in [-0.1, -0.05) is 19.9 Å². The molecule has 0 amide bonds. The lowest BCUT2D eigenvalue weighted by molar-refractivity contribution is -0.210. The maximum absolute atomic E-state index is 13.4. The van der Waals surface area contributed by atoms with Crippen molar-refractivity contribution in [1.29, 1.82) is 0 Å². The largest absolute Gasteiger partial charge is 0.462 e. The van der Waals surface area contributed by atoms with Crippen LogP contribution in [0.4, 0.5) is 0 Å². The second-order valence-corrected chi connectivity index (χ2v) is 14.4. The Labute approximate surface area is 224 Å². The summed E-state index contributed by atoms with van der Waals surface area (Å²) in [7, 11) is 0. The Morgan fingerprint density at radius 2 is 1.92 bits per heavy atom. The number of carbonyl (C=O) groups is 2. The number of hydrogen-bond donors (Lipinski definition) is 2. The monoisotopic (exact) mass is 530 g/mol. The molecule has 210 valence electrons. The molecule has 7 rings (SSSR count). The zero-order chi connectivity index (χ0) is 27.2. The summed E-state index contributed by atoms with van der Waals surface area (Å²) in [4.78, 5) is 25.7. The maximum Gasteiger partial charge on any atom is 0.302 e. The van der Waals surface area contributed by atoms with E-state index in [0.717, 1.165) is 12.8 Å². The lowest BCUT2D eigenvalue weighted by atomic mass is 9.43. The second kappa shape index (κ2) is 7.49. The van der Waals surface area contributed by atoms with Crippen molar-refractivity contribution in [2.24, 2.45) is 40.4 Å². The number of allylic oxidation sites excluding steroid dienone is 1. The molecule has 4 aliphatic carbocycles. The Kier molecular flexibility index (Phi) is 5.05. The predicted octanol–water partition coefficient (Wildman–Crippen LogP) is 2.93. The van der Waals surface area contributed by atoms with E-state index in [1.54, 1.807) is 12.2 Å². The van der Waals surface area contributed by atoms with E-state index in [9.17, 15) is 19.8 Å². The van der Waals surface area contributed by atoms with Gasteiger partial charge in [-0.25, -0.2) is 0 Å². The zero-order valence-electron chi connectivity index (χ0n) is 23.3. The molecule has 3 saturated carbocycles. The van der Waals surface area contributed by atoms with Gasteiger partial charge in [0.1, 0.15) is 29.0 Å². The van der Waals surface area contributed by atoms with Gasteiger partial charge < -0.3 is 29.2 Å². The number of carbonyl (C=O) groups excluding carboxylic acids is 2. The molecule has 7 aliphatic rings. The molecular weight excluding hydrogens is 488 g/mol. The summed E-state index contributed by atoms with van der Waals surface area (Å²) in [6.45, 7) is 11.8. The van der Waals surface area contributed by atoms with E-state index >= 15 is 0 Å². The molecule has 0 bridgehead atoms. The minimum Gasteiger partial charge on any atom is -0.462 e. The van der Waals surface area contributed by atoms with Crippen LogP contribution in [0.5, 0.6) is 0 Å². The van der Waals surface area contributed by atoms with E-state index in [0.29, 0.717) is 19.3 Å². The van der Waals surface area contributed by atoms with Crippen molar-refractivity contribution in [3.05, 3.63) is 12.2 Å². The molecular formula is C30H42O8. The number of esters is 1. The molecule has 8 nitrogen and oxygen atoms in total. The number of epoxide rings is 2. The molecule has 38 heavy (non-hydrogen) atoms. The highest BCUT2D eigenvalue weighted by atomic mass is 16.7. The zero-order valence-corrected chi connectivity index (χ0v) is 23.3. The van der Waals surface area contributed by atoms with E-state index < -0.39 is 28.5 Å². The second-order valence-electron chi connectivity index (χ2n) is 14.4. The molecule has 0 spiro atoms. The summed E-state index contributed by atoms with van der Waals surface area (Å²) in [5.74, 6) is 0.0414. The molecule has 0 aromatic carbocycles. The quantitative estimate of drug-likeness (QED) is 0.423. The molecule has 8 heteroatoms. The lowest BCUT2D eigenvalue weighted by Crippen LogP contribution is -2.67. The fourth-order valence-corrected chi connectivity index (χ4v) is 10.6. The number of aliphatic hydroxyl groups excluding tert-OH is 1. The average Bonchev–Trinajstić information content (AvgIpc) is 3.70. The highest BCUT2D eigenvalue weighted by Gasteiger charge is 2.79. The number of fused-ring (bicyclic) bond motifs is 9. The van der Waals surface area contributed by atoms with Crippen LogP contribution in [0.25, 0.3) is 0 Å². The normalized spacial score (nSPS) is 60.5. The van der Waals surface area contributed by atoms with Crippen molar-refractivity contribution in [2.45, 2.75) is 121 Å². The third-order valence-electron chi connectivity index (χ3n) is 12.9. The van der Waals surface area contributed by atoms with Gasteiger partial charge in [0.05, 0.1) is 17.6 Å². The van der Waals surface area contributed by atoms with Gasteiger partial charge in [-0.3, -0.25) is 9.59 Å². The first kappa shape index (κ1) is 25.6. The van der Waals surface area contributed by atoms with Gasteiger partial charge in [0, 0.05) is 19.3 Å². The van der Waals surface area contributed by atoms with Crippen molar-refractivity contribution in [1.82, 2.24) is 0 Å². The van der Waals surface area contributed by atoms with E-state index in [1.165, 1.54) is 6.92 Å². The van der Waals surface area contributed by atoms with Crippen molar-refractivity contribution in [3.63, 3.8) is 0 Å². The maximum atomic E-state index is 13.4. The first-order valence-electron chi connectivity index (χ1n) is 14.5. The summed E-state index contributed by atoms with van der Waals surface area (Å²) in [5, 5.41) is 22.6. The number of rotatable bonds is 3. The van der Waals surface area contributed by atoms with E-state index in [-0.39, 0.29) is 71.2 Å². The Hall–Kier alpha value is -1.32. The molecule has 15 atom stereocenters. The van der Waals surface area contributed by atoms with Crippen LogP contribution in [0, 0.1) is 40.4 Å². The molecule has 2 N–H and O–H groups in total. The van der Waals surface area contributed by atoms with Gasteiger partial charge in [0.25, 0.3) is 0 Å². The van der Waals surface area contributed by atoms with E-state index in [4.69, 9.17) is 18.9 Å². The molecule has 0 aromatic rings. The molecule has 3 aliphatic heterocycles. The SMILES string of the molecule is CC(=O)OC1CC2C3C4OC4C4(O)CC=CC(=O)C4(C)C3CCC2(C)C1C(C)C1CC2(C)OC2(C)C(O)O1. The Balaban J connectivity index is 1.24. The Morgan fingerprint density at radius 1 is 1.18 bits per heavy atom. The summed E-state index contributed by atoms with van der Waals surface area (Å²) in [5.41, 5.74) is -3.32. The van der Waals surface area contributed by atoms with Crippen LogP contribution in [0.15, 0.2) is 12.2 Å². The van der Waals surface area contributed by atoms with Crippen LogP contribution < -0.4 is 0 Å². The van der Waals surface area contributed by atoms with Crippen LogP contribution in [0.1, 0.15) is 73.6 Å². The Bertz CT molecular complexity index is 1120. The molecule has 3 heterocycles. The van der Waals surface area contributed by atoms with Gasteiger partial charge >= 0.3 is 5.97 Å². The lowest BCUT2D eigenvalue weighted by Gasteiger charge is -2.60. The van der Waals surface area contributed by atoms with Crippen molar-refractivity contribution in [2.75, 3.05) is 0 Å². The van der Waals surface area contributed by atoms with Crippen LogP contribution >= 0.6 is 0 Å². The van der Waals surface area contributed by atoms with Gasteiger partial charge in [-0.05, 0) is 81.6 Å². The average molecular weight is 531 g/mol. The number of ether oxygens (including phenoxy) is 4. The Morgan fingerprint density at radius 3 is 2.61 bits per heavy atom. The molecule has 15 unspecified atom stereocenters. The summed E-state index contributed by atoms with van der Waals surface area (Å²) in [6.07, 6.45) is 5.03. The van der Waals surface area contributed by atoms with E-state index in [1.807, 2.05) is 20.8 Å². The summed E-state index contributed by atoms with van der Waals surface area (Å²) >= 11 is 0. The van der Waals surface area contributed by atoms with Crippen LogP contribution in [0.3, 0.4) is 0 Å². The number of ketones is 1. The van der Waals surface area contributed by atoms with Crippen molar-refractivity contribution in [3.8, 4) is 0 Å². The van der Waals surface area contributed by atoms with Crippen LogP contribution in [0.2, 0.25) is 0 Å². The predicted molar refractivity (Wildman–Crippen MR) is 135 cm³/mol. The minimum atomic E-state index is -1.17. The van der Waals surface area contributed by atoms with Crippen molar-refractivity contribution >= 4 is 11.8 Å². The third-order valence-corrected chi connectivity index (χ3v) is 12.9. The van der Waals surface area contributed by atoms with E-state index in [2.05, 4.69) is 13.8 Å². The highest BCUT2D eigenvalue weighted by Crippen LogP contribution is 2.72. The summed E-state index contributed by atoms with van der Waals surface area (Å²) < 4.78 is 24.5. The third kappa shape index (κ3) is 2.89. The topological polar surface area (TPSA) is 118 Å². The summed E-state index contributed by atoms with van der Waals surface area (Å²) in [6, 6.07) is 0. The fraction of sp³-hybridized carbons (Fsp3) is 0.867. The van der Waals surface area contributed by atoms with Crippen molar-refractivity contribution < 1.29 is 38.7 Å². The smallest absolute Gasteiger partial charge is 0.302 e.